The van der Waals surface area contributed by atoms with E-state index in [1.54, 1.807) is 36.0 Å². The maximum Gasteiger partial charge on any atom is 0.325 e. The SMILES string of the molecule is C[C@H]1C[C@@]2(CCN1CCSc1nnc(NC(=O)Nc3ccc(C#N)cc3)s1)CO2. The Kier molecular flexibility index (Phi) is 6.01. The van der Waals surface area contributed by atoms with Crippen LogP contribution in [0.5, 0.6) is 0 Å². The third kappa shape index (κ3) is 5.25. The van der Waals surface area contributed by atoms with E-state index in [2.05, 4.69) is 32.7 Å². The quantitative estimate of drug-likeness (QED) is 0.411. The van der Waals surface area contributed by atoms with Gasteiger partial charge in [0.2, 0.25) is 5.13 Å². The average Bonchev–Trinajstić information content (AvgIpc) is 3.31. The highest BCUT2D eigenvalue weighted by molar-refractivity contribution is 8.01. The first-order valence-electron chi connectivity index (χ1n) is 9.48. The summed E-state index contributed by atoms with van der Waals surface area (Å²) in [6.07, 6.45) is 2.25. The number of benzene rings is 1. The first kappa shape index (κ1) is 20.1. The molecule has 2 amide bonds. The number of nitrogens with zero attached hydrogens (tertiary/aromatic N) is 4. The van der Waals surface area contributed by atoms with Crippen molar-refractivity contribution < 1.29 is 9.53 Å². The highest BCUT2D eigenvalue weighted by atomic mass is 32.2. The van der Waals surface area contributed by atoms with Gasteiger partial charge in [-0.1, -0.05) is 23.1 Å². The molecule has 2 atom stereocenters. The van der Waals surface area contributed by atoms with Gasteiger partial charge in [-0.05, 0) is 44.0 Å². The van der Waals surface area contributed by atoms with E-state index in [0.717, 1.165) is 42.6 Å². The standard InChI is InChI=1S/C19H22N6O2S2/c1-13-10-19(12-27-19)6-7-25(13)8-9-28-18-24-23-17(29-18)22-16(26)21-15-4-2-14(11-20)3-5-15/h2-5,13H,6-10,12H2,1H3,(H2,21,22,23,26)/t13-,19-/m0/s1. The van der Waals surface area contributed by atoms with Gasteiger partial charge < -0.3 is 10.1 Å². The Morgan fingerprint density at radius 2 is 2.21 bits per heavy atom. The number of hydrogen-bond donors (Lipinski definition) is 2. The van der Waals surface area contributed by atoms with Crippen molar-refractivity contribution in [3.63, 3.8) is 0 Å². The summed E-state index contributed by atoms with van der Waals surface area (Å²) in [7, 11) is 0. The van der Waals surface area contributed by atoms with Gasteiger partial charge in [0.1, 0.15) is 0 Å². The number of nitrogens with one attached hydrogen (secondary N) is 2. The number of aromatic nitrogens is 2. The molecule has 3 heterocycles. The highest BCUT2D eigenvalue weighted by Crippen LogP contribution is 2.40. The number of rotatable bonds is 6. The summed E-state index contributed by atoms with van der Waals surface area (Å²) >= 11 is 3.02. The molecule has 2 aromatic rings. The van der Waals surface area contributed by atoms with E-state index in [-0.39, 0.29) is 11.6 Å². The molecule has 2 N–H and O–H groups in total. The van der Waals surface area contributed by atoms with E-state index in [0.29, 0.717) is 22.4 Å². The van der Waals surface area contributed by atoms with Gasteiger partial charge in [-0.25, -0.2) is 4.79 Å². The van der Waals surface area contributed by atoms with Crippen LogP contribution in [0.1, 0.15) is 25.3 Å². The van der Waals surface area contributed by atoms with Crippen molar-refractivity contribution >= 4 is 39.9 Å². The van der Waals surface area contributed by atoms with E-state index < -0.39 is 0 Å². The number of nitriles is 1. The molecular weight excluding hydrogens is 408 g/mol. The largest absolute Gasteiger partial charge is 0.369 e. The zero-order chi connectivity index (χ0) is 20.3. The molecule has 0 saturated carbocycles. The normalized spacial score (nSPS) is 23.5. The van der Waals surface area contributed by atoms with Crippen molar-refractivity contribution in [2.24, 2.45) is 0 Å². The molecule has 152 valence electrons. The van der Waals surface area contributed by atoms with Crippen molar-refractivity contribution in [3.05, 3.63) is 29.8 Å². The molecule has 2 aliphatic heterocycles. The number of piperidine rings is 1. The summed E-state index contributed by atoms with van der Waals surface area (Å²) in [6, 6.07) is 8.85. The molecule has 0 radical (unpaired) electrons. The predicted octanol–water partition coefficient (Wildman–Crippen LogP) is 3.40. The number of likely N-dealkylation sites (tertiary alicyclic amines) is 1. The fraction of sp³-hybridized carbons (Fsp3) is 0.474. The number of thioether (sulfide) groups is 1. The average molecular weight is 431 g/mol. The number of carbonyl (C=O) groups is 1. The zero-order valence-electron chi connectivity index (χ0n) is 16.1. The lowest BCUT2D eigenvalue weighted by atomic mass is 9.92. The monoisotopic (exact) mass is 430 g/mol. The molecule has 2 fully saturated rings. The maximum absolute atomic E-state index is 12.1. The number of carbonyl (C=O) groups excluding carboxylic acids is 1. The van der Waals surface area contributed by atoms with Crippen LogP contribution in [0.25, 0.3) is 0 Å². The van der Waals surface area contributed by atoms with E-state index in [9.17, 15) is 4.79 Å². The fourth-order valence-corrected chi connectivity index (χ4v) is 5.28. The second kappa shape index (κ2) is 8.67. The summed E-state index contributed by atoms with van der Waals surface area (Å²) in [5.41, 5.74) is 1.34. The van der Waals surface area contributed by atoms with Crippen LogP contribution in [0.4, 0.5) is 15.6 Å². The lowest BCUT2D eigenvalue weighted by molar-refractivity contribution is 0.103. The highest BCUT2D eigenvalue weighted by Gasteiger charge is 2.48. The minimum absolute atomic E-state index is 0.196. The first-order chi connectivity index (χ1) is 14.0. The molecule has 2 aliphatic rings. The predicted molar refractivity (Wildman–Crippen MR) is 113 cm³/mol. The summed E-state index contributed by atoms with van der Waals surface area (Å²) in [4.78, 5) is 14.6. The van der Waals surface area contributed by atoms with Crippen LogP contribution in [0.3, 0.4) is 0 Å². The second-order valence-corrected chi connectivity index (χ2v) is 9.62. The Morgan fingerprint density at radius 3 is 2.90 bits per heavy atom. The molecule has 1 aromatic heterocycles. The zero-order valence-corrected chi connectivity index (χ0v) is 17.7. The Morgan fingerprint density at radius 1 is 1.41 bits per heavy atom. The molecule has 2 saturated heterocycles. The van der Waals surface area contributed by atoms with Crippen LogP contribution < -0.4 is 10.6 Å². The van der Waals surface area contributed by atoms with Crippen molar-refractivity contribution in [1.29, 1.82) is 5.26 Å². The van der Waals surface area contributed by atoms with E-state index in [1.165, 1.54) is 11.3 Å². The maximum atomic E-state index is 12.1. The van der Waals surface area contributed by atoms with Crippen LogP contribution in [-0.4, -0.2) is 58.2 Å². The molecule has 0 bridgehead atoms. The summed E-state index contributed by atoms with van der Waals surface area (Å²) in [5, 5.41) is 22.8. The van der Waals surface area contributed by atoms with Crippen LogP contribution in [0, 0.1) is 11.3 Å². The van der Waals surface area contributed by atoms with Crippen LogP contribution in [0.15, 0.2) is 28.6 Å². The third-order valence-electron chi connectivity index (χ3n) is 5.20. The van der Waals surface area contributed by atoms with Crippen molar-refractivity contribution in [3.8, 4) is 6.07 Å². The van der Waals surface area contributed by atoms with Crippen molar-refractivity contribution in [2.75, 3.05) is 36.1 Å². The number of epoxide rings is 1. The van der Waals surface area contributed by atoms with Gasteiger partial charge in [0, 0.05) is 30.6 Å². The van der Waals surface area contributed by atoms with Gasteiger partial charge in [-0.3, -0.25) is 10.2 Å². The Balaban J connectivity index is 1.20. The minimum Gasteiger partial charge on any atom is -0.369 e. The lowest BCUT2D eigenvalue weighted by Crippen LogP contribution is -2.45. The van der Waals surface area contributed by atoms with Crippen molar-refractivity contribution in [2.45, 2.75) is 35.7 Å². The van der Waals surface area contributed by atoms with Gasteiger partial charge in [0.25, 0.3) is 0 Å². The first-order valence-corrected chi connectivity index (χ1v) is 11.3. The minimum atomic E-state index is -0.388. The molecule has 0 unspecified atom stereocenters. The molecule has 0 aliphatic carbocycles. The smallest absolute Gasteiger partial charge is 0.325 e. The Bertz CT molecular complexity index is 906. The number of amides is 2. The Labute approximate surface area is 177 Å². The van der Waals surface area contributed by atoms with E-state index in [4.69, 9.17) is 10.00 Å². The van der Waals surface area contributed by atoms with Gasteiger partial charge >= 0.3 is 6.03 Å². The van der Waals surface area contributed by atoms with Crippen LogP contribution in [-0.2, 0) is 4.74 Å². The van der Waals surface area contributed by atoms with Crippen molar-refractivity contribution in [1.82, 2.24) is 15.1 Å². The number of urea groups is 1. The molecular formula is C19H22N6O2S2. The molecule has 1 spiro atoms. The number of ether oxygens (including phenoxy) is 1. The van der Waals surface area contributed by atoms with E-state index in [1.807, 2.05) is 6.07 Å². The molecule has 4 rings (SSSR count). The lowest BCUT2D eigenvalue weighted by Gasteiger charge is -2.36. The van der Waals surface area contributed by atoms with Crippen LogP contribution in [0.2, 0.25) is 0 Å². The molecule has 29 heavy (non-hydrogen) atoms. The Hall–Kier alpha value is -2.19. The second-order valence-electron chi connectivity index (χ2n) is 7.30. The van der Waals surface area contributed by atoms with Gasteiger partial charge in [-0.2, -0.15) is 5.26 Å². The number of hydrogen-bond acceptors (Lipinski definition) is 8. The molecule has 10 heteroatoms. The summed E-state index contributed by atoms with van der Waals surface area (Å²) in [5.74, 6) is 0.935. The topological polar surface area (TPSA) is 106 Å². The van der Waals surface area contributed by atoms with Gasteiger partial charge in [0.15, 0.2) is 4.34 Å². The molecule has 8 nitrogen and oxygen atoms in total. The van der Waals surface area contributed by atoms with Crippen LogP contribution >= 0.6 is 23.1 Å². The third-order valence-corrected chi connectivity index (χ3v) is 7.15. The number of anilines is 2. The summed E-state index contributed by atoms with van der Waals surface area (Å²) < 4.78 is 6.45. The van der Waals surface area contributed by atoms with Gasteiger partial charge in [0.05, 0.1) is 23.8 Å². The van der Waals surface area contributed by atoms with E-state index >= 15 is 0 Å². The summed E-state index contributed by atoms with van der Waals surface area (Å²) in [6.45, 7) is 5.29. The fourth-order valence-electron chi connectivity index (χ4n) is 3.49. The van der Waals surface area contributed by atoms with Gasteiger partial charge in [-0.15, -0.1) is 10.2 Å². The molecule has 1 aromatic carbocycles.